The summed E-state index contributed by atoms with van der Waals surface area (Å²) in [5.74, 6) is 0. The first kappa shape index (κ1) is 11.9. The van der Waals surface area contributed by atoms with Crippen LogP contribution < -0.4 is 5.32 Å². The average Bonchev–Trinajstić information content (AvgIpc) is 2.17. The summed E-state index contributed by atoms with van der Waals surface area (Å²) in [7, 11) is 1.83. The largest absolute Gasteiger partial charge is 0.311 e. The molecule has 0 unspecified atom stereocenters. The minimum Gasteiger partial charge on any atom is -0.311 e. The molecule has 0 saturated heterocycles. The first-order valence-electron chi connectivity index (χ1n) is 4.52. The van der Waals surface area contributed by atoms with E-state index in [1.807, 2.05) is 20.9 Å². The molecule has 0 heterocycles. The molecule has 1 aromatic carbocycles. The second-order valence-corrected chi connectivity index (χ2v) is 4.21. The predicted molar refractivity (Wildman–Crippen MR) is 60.2 cm³/mol. The van der Waals surface area contributed by atoms with E-state index in [1.54, 1.807) is 12.1 Å². The number of halogens is 1. The van der Waals surface area contributed by atoms with Crippen LogP contribution in [0.3, 0.4) is 0 Å². The Balaban J connectivity index is 3.18. The lowest BCUT2D eigenvalue weighted by Crippen LogP contribution is -2.33. The Labute approximate surface area is 93.4 Å². The molecule has 0 amide bonds. The monoisotopic (exact) mass is 228 g/mol. The van der Waals surface area contributed by atoms with E-state index in [0.717, 1.165) is 5.56 Å². The third kappa shape index (κ3) is 2.46. The molecule has 0 saturated carbocycles. The topological polar surface area (TPSA) is 55.2 Å². The zero-order valence-corrected chi connectivity index (χ0v) is 9.63. The molecule has 0 spiro atoms. The van der Waals surface area contributed by atoms with E-state index in [0.29, 0.717) is 0 Å². The van der Waals surface area contributed by atoms with Crippen LogP contribution in [0.2, 0.25) is 5.02 Å². The van der Waals surface area contributed by atoms with E-state index in [1.165, 1.54) is 6.07 Å². The lowest BCUT2D eigenvalue weighted by atomic mass is 9.94. The summed E-state index contributed by atoms with van der Waals surface area (Å²) in [6.45, 7) is 3.95. The van der Waals surface area contributed by atoms with E-state index in [4.69, 9.17) is 11.6 Å². The van der Waals surface area contributed by atoms with Gasteiger partial charge in [0.15, 0.2) is 0 Å². The van der Waals surface area contributed by atoms with Crippen molar-refractivity contribution < 1.29 is 4.92 Å². The fourth-order valence-corrected chi connectivity index (χ4v) is 1.44. The molecule has 1 N–H and O–H groups in total. The lowest BCUT2D eigenvalue weighted by Gasteiger charge is -2.24. The van der Waals surface area contributed by atoms with Crippen LogP contribution in [0.1, 0.15) is 19.4 Å². The smallest absolute Gasteiger partial charge is 0.287 e. The number of nitrogens with zero attached hydrogens (tertiary/aromatic N) is 1. The van der Waals surface area contributed by atoms with E-state index in [-0.39, 0.29) is 16.2 Å². The first-order valence-corrected chi connectivity index (χ1v) is 4.89. The molecule has 0 aliphatic carbocycles. The van der Waals surface area contributed by atoms with Crippen LogP contribution in [-0.2, 0) is 5.54 Å². The van der Waals surface area contributed by atoms with Gasteiger partial charge >= 0.3 is 0 Å². The quantitative estimate of drug-likeness (QED) is 0.639. The minimum absolute atomic E-state index is 0.0627. The van der Waals surface area contributed by atoms with Crippen LogP contribution in [0.5, 0.6) is 0 Å². The number of rotatable bonds is 3. The van der Waals surface area contributed by atoms with Crippen LogP contribution in [0.15, 0.2) is 18.2 Å². The number of hydrogen-bond acceptors (Lipinski definition) is 3. The van der Waals surface area contributed by atoms with Gasteiger partial charge in [0.25, 0.3) is 5.69 Å². The molecular weight excluding hydrogens is 216 g/mol. The van der Waals surface area contributed by atoms with Gasteiger partial charge in [-0.15, -0.1) is 0 Å². The van der Waals surface area contributed by atoms with Gasteiger partial charge in [-0.25, -0.2) is 0 Å². The van der Waals surface area contributed by atoms with Gasteiger partial charge in [0.05, 0.1) is 4.92 Å². The van der Waals surface area contributed by atoms with E-state index < -0.39 is 4.92 Å². The Morgan fingerprint density at radius 3 is 2.47 bits per heavy atom. The fourth-order valence-electron chi connectivity index (χ4n) is 1.19. The maximum Gasteiger partial charge on any atom is 0.287 e. The molecule has 5 heteroatoms. The van der Waals surface area contributed by atoms with Crippen molar-refractivity contribution in [2.75, 3.05) is 7.05 Å². The highest BCUT2D eigenvalue weighted by Gasteiger charge is 2.21. The zero-order valence-electron chi connectivity index (χ0n) is 8.87. The zero-order chi connectivity index (χ0) is 11.6. The number of benzene rings is 1. The summed E-state index contributed by atoms with van der Waals surface area (Å²) in [4.78, 5) is 10.1. The molecule has 0 aliphatic rings. The van der Waals surface area contributed by atoms with Crippen molar-refractivity contribution >= 4 is 17.3 Å². The third-order valence-electron chi connectivity index (χ3n) is 2.49. The third-order valence-corrected chi connectivity index (χ3v) is 2.79. The molecule has 15 heavy (non-hydrogen) atoms. The molecule has 0 bridgehead atoms. The summed E-state index contributed by atoms with van der Waals surface area (Å²) in [5, 5.41) is 13.8. The SMILES string of the molecule is CNC(C)(C)c1ccc([N+](=O)[O-])c(Cl)c1. The highest BCUT2D eigenvalue weighted by molar-refractivity contribution is 6.32. The lowest BCUT2D eigenvalue weighted by molar-refractivity contribution is -0.384. The predicted octanol–water partition coefficient (Wildman–Crippen LogP) is 2.70. The summed E-state index contributed by atoms with van der Waals surface area (Å²) in [6, 6.07) is 4.76. The number of hydrogen-bond donors (Lipinski definition) is 1. The van der Waals surface area contributed by atoms with Gasteiger partial charge in [0.1, 0.15) is 5.02 Å². The van der Waals surface area contributed by atoms with Crippen LogP contribution in [0, 0.1) is 10.1 Å². The molecule has 0 aromatic heterocycles. The molecule has 1 rings (SSSR count). The van der Waals surface area contributed by atoms with Crippen LogP contribution in [0.25, 0.3) is 0 Å². The summed E-state index contributed by atoms with van der Waals surface area (Å²) in [6.07, 6.45) is 0. The van der Waals surface area contributed by atoms with Gasteiger partial charge in [0.2, 0.25) is 0 Å². The molecule has 1 aromatic rings. The van der Waals surface area contributed by atoms with Crippen molar-refractivity contribution in [3.05, 3.63) is 38.9 Å². The van der Waals surface area contributed by atoms with Gasteiger partial charge in [-0.05, 0) is 32.5 Å². The Hall–Kier alpha value is -1.13. The van der Waals surface area contributed by atoms with Crippen LogP contribution in [-0.4, -0.2) is 12.0 Å². The van der Waals surface area contributed by atoms with Gasteiger partial charge in [-0.1, -0.05) is 17.7 Å². The van der Waals surface area contributed by atoms with Gasteiger partial charge in [-0.2, -0.15) is 0 Å². The molecule has 0 fully saturated rings. The van der Waals surface area contributed by atoms with E-state index in [2.05, 4.69) is 5.32 Å². The standard InChI is InChI=1S/C10H13ClN2O2/c1-10(2,12-3)7-4-5-9(13(14)15)8(11)6-7/h4-6,12H,1-3H3. The van der Waals surface area contributed by atoms with Crippen LogP contribution >= 0.6 is 11.6 Å². The maximum atomic E-state index is 10.6. The average molecular weight is 229 g/mol. The van der Waals surface area contributed by atoms with E-state index >= 15 is 0 Å². The van der Waals surface area contributed by atoms with Gasteiger partial charge in [-0.3, -0.25) is 10.1 Å². The van der Waals surface area contributed by atoms with Crippen molar-refractivity contribution in [3.8, 4) is 0 Å². The van der Waals surface area contributed by atoms with Crippen molar-refractivity contribution in [1.82, 2.24) is 5.32 Å². The second-order valence-electron chi connectivity index (χ2n) is 3.80. The Morgan fingerprint density at radius 1 is 1.47 bits per heavy atom. The molecule has 82 valence electrons. The number of nitro benzene ring substituents is 1. The summed E-state index contributed by atoms with van der Waals surface area (Å²) in [5.41, 5.74) is 0.603. The van der Waals surface area contributed by atoms with Crippen molar-refractivity contribution in [2.45, 2.75) is 19.4 Å². The van der Waals surface area contributed by atoms with Gasteiger partial charge in [0, 0.05) is 11.6 Å². The van der Waals surface area contributed by atoms with Crippen molar-refractivity contribution in [1.29, 1.82) is 0 Å². The second kappa shape index (κ2) is 4.16. The van der Waals surface area contributed by atoms with E-state index in [9.17, 15) is 10.1 Å². The fraction of sp³-hybridized carbons (Fsp3) is 0.400. The highest BCUT2D eigenvalue weighted by atomic mass is 35.5. The van der Waals surface area contributed by atoms with Crippen LogP contribution in [0.4, 0.5) is 5.69 Å². The number of nitrogens with one attached hydrogen (secondary N) is 1. The maximum absolute atomic E-state index is 10.6. The van der Waals surface area contributed by atoms with Crippen molar-refractivity contribution in [3.63, 3.8) is 0 Å². The molecule has 0 aliphatic heterocycles. The molecule has 0 radical (unpaired) electrons. The molecule has 0 atom stereocenters. The first-order chi connectivity index (χ1) is 6.88. The summed E-state index contributed by atoms with van der Waals surface area (Å²) < 4.78 is 0. The highest BCUT2D eigenvalue weighted by Crippen LogP contribution is 2.29. The number of nitro groups is 1. The Kier molecular flexibility index (Phi) is 3.31. The Bertz CT molecular complexity index is 391. The minimum atomic E-state index is -0.488. The summed E-state index contributed by atoms with van der Waals surface area (Å²) >= 11 is 5.82. The molecular formula is C10H13ClN2O2. The van der Waals surface area contributed by atoms with Gasteiger partial charge < -0.3 is 5.32 Å². The molecule has 4 nitrogen and oxygen atoms in total. The normalized spacial score (nSPS) is 11.5. The Morgan fingerprint density at radius 2 is 2.07 bits per heavy atom. The van der Waals surface area contributed by atoms with Crippen molar-refractivity contribution in [2.24, 2.45) is 0 Å².